The number of carboxylic acids is 1. The third-order valence-corrected chi connectivity index (χ3v) is 4.22. The maximum absolute atomic E-state index is 11.9. The third-order valence-electron chi connectivity index (χ3n) is 4.22. The highest BCUT2D eigenvalue weighted by Crippen LogP contribution is 2.14. The predicted molar refractivity (Wildman–Crippen MR) is 120 cm³/mol. The van der Waals surface area contributed by atoms with Crippen molar-refractivity contribution in [2.45, 2.75) is 31.9 Å². The minimum absolute atomic E-state index is 0.0575. The lowest BCUT2D eigenvalue weighted by molar-refractivity contribution is -0.139. The molecule has 0 radical (unpaired) electrons. The van der Waals surface area contributed by atoms with Crippen LogP contribution in [0.3, 0.4) is 0 Å². The first kappa shape index (κ1) is 24.2. The molecule has 0 aliphatic rings. The molecule has 10 heteroatoms. The van der Waals surface area contributed by atoms with E-state index in [1.807, 2.05) is 30.3 Å². The van der Waals surface area contributed by atoms with Gasteiger partial charge in [-0.3, -0.25) is 0 Å². The van der Waals surface area contributed by atoms with Crippen molar-refractivity contribution in [1.29, 1.82) is 0 Å². The number of guanidine groups is 1. The maximum atomic E-state index is 11.9. The number of hydrogen-bond acceptors (Lipinski definition) is 6. The molecule has 0 saturated carbocycles. The Kier molecular flexibility index (Phi) is 10.0. The zero-order chi connectivity index (χ0) is 23.2. The molecule has 2 rings (SSSR count). The van der Waals surface area contributed by atoms with Gasteiger partial charge in [0.1, 0.15) is 18.4 Å². The second-order valence-electron chi connectivity index (χ2n) is 6.74. The molecular formula is C22H27N5O5. The molecule has 0 bridgehead atoms. The molecular weight excluding hydrogens is 414 g/mol. The van der Waals surface area contributed by atoms with Gasteiger partial charge in [-0.05, 0) is 36.1 Å². The molecule has 0 heterocycles. The van der Waals surface area contributed by atoms with Gasteiger partial charge in [0.25, 0.3) is 0 Å². The van der Waals surface area contributed by atoms with E-state index >= 15 is 0 Å². The van der Waals surface area contributed by atoms with Crippen molar-refractivity contribution in [2.24, 2.45) is 21.7 Å². The molecule has 6 N–H and O–H groups in total. The van der Waals surface area contributed by atoms with Crippen LogP contribution in [0.15, 0.2) is 64.8 Å². The number of aryl methyl sites for hydroxylation is 1. The zero-order valence-corrected chi connectivity index (χ0v) is 17.5. The second-order valence-corrected chi connectivity index (χ2v) is 6.74. The molecule has 0 spiro atoms. The summed E-state index contributed by atoms with van der Waals surface area (Å²) in [5, 5.41) is 18.9. The standard InChI is InChI=1S/C22H27N5O5/c23-21(24)27-25-13-4-7-16-8-10-18(11-9-16)31-14-12-19(20(28)29)26-22(30)32-15-17-5-2-1-3-6-17/h1-3,5-6,8-11,13,19H,4,7,12,14-15H2,(H,26,30)(H,28,29)(H4,23,24,27)/t19-/m0/s1. The molecule has 1 atom stereocenters. The smallest absolute Gasteiger partial charge is 0.408 e. The van der Waals surface area contributed by atoms with Crippen LogP contribution in [0.5, 0.6) is 5.75 Å². The monoisotopic (exact) mass is 441 g/mol. The zero-order valence-electron chi connectivity index (χ0n) is 17.5. The van der Waals surface area contributed by atoms with Crippen molar-refractivity contribution in [3.63, 3.8) is 0 Å². The summed E-state index contributed by atoms with van der Waals surface area (Å²) in [5.41, 5.74) is 12.2. The minimum atomic E-state index is -1.16. The number of carbonyl (C=O) groups excluding carboxylic acids is 1. The van der Waals surface area contributed by atoms with Gasteiger partial charge in [-0.2, -0.15) is 5.10 Å². The van der Waals surface area contributed by atoms with Crippen molar-refractivity contribution in [3.05, 3.63) is 65.7 Å². The first-order valence-corrected chi connectivity index (χ1v) is 9.96. The highest BCUT2D eigenvalue weighted by Gasteiger charge is 2.20. The minimum Gasteiger partial charge on any atom is -0.494 e. The number of rotatable bonds is 12. The van der Waals surface area contributed by atoms with Crippen LogP contribution < -0.4 is 21.5 Å². The molecule has 2 aromatic rings. The van der Waals surface area contributed by atoms with Crippen LogP contribution in [-0.2, 0) is 22.6 Å². The van der Waals surface area contributed by atoms with Crippen LogP contribution in [0.1, 0.15) is 24.0 Å². The van der Waals surface area contributed by atoms with E-state index in [0.29, 0.717) is 12.2 Å². The molecule has 0 saturated heterocycles. The van der Waals surface area contributed by atoms with E-state index in [1.54, 1.807) is 30.5 Å². The number of nitrogens with two attached hydrogens (primary N) is 2. The van der Waals surface area contributed by atoms with Crippen LogP contribution in [0.25, 0.3) is 0 Å². The number of nitrogens with one attached hydrogen (secondary N) is 1. The summed E-state index contributed by atoms with van der Waals surface area (Å²) in [7, 11) is 0. The summed E-state index contributed by atoms with van der Waals surface area (Å²) >= 11 is 0. The lowest BCUT2D eigenvalue weighted by Gasteiger charge is -2.15. The maximum Gasteiger partial charge on any atom is 0.408 e. The Bertz CT molecular complexity index is 912. The van der Waals surface area contributed by atoms with Gasteiger partial charge in [0.05, 0.1) is 6.61 Å². The Morgan fingerprint density at radius 1 is 1.06 bits per heavy atom. The normalized spacial score (nSPS) is 11.5. The number of nitrogens with zero attached hydrogens (tertiary/aromatic N) is 2. The van der Waals surface area contributed by atoms with Crippen molar-refractivity contribution in [3.8, 4) is 5.75 Å². The predicted octanol–water partition coefficient (Wildman–Crippen LogP) is 2.03. The number of amides is 1. The molecule has 0 aliphatic carbocycles. The van der Waals surface area contributed by atoms with Gasteiger partial charge in [-0.25, -0.2) is 9.59 Å². The van der Waals surface area contributed by atoms with E-state index in [1.165, 1.54) is 0 Å². The van der Waals surface area contributed by atoms with E-state index < -0.39 is 18.1 Å². The van der Waals surface area contributed by atoms with Gasteiger partial charge in [-0.15, -0.1) is 5.10 Å². The molecule has 0 unspecified atom stereocenters. The summed E-state index contributed by atoms with van der Waals surface area (Å²) in [5.74, 6) is -0.658. The number of alkyl carbamates (subject to hydrolysis) is 1. The van der Waals surface area contributed by atoms with Gasteiger partial charge in [0.2, 0.25) is 5.96 Å². The van der Waals surface area contributed by atoms with E-state index in [9.17, 15) is 14.7 Å². The van der Waals surface area contributed by atoms with Gasteiger partial charge >= 0.3 is 12.1 Å². The van der Waals surface area contributed by atoms with Gasteiger partial charge in [0.15, 0.2) is 0 Å². The quantitative estimate of drug-likeness (QED) is 0.222. The number of carbonyl (C=O) groups is 2. The fraction of sp³-hybridized carbons (Fsp3) is 0.273. The van der Waals surface area contributed by atoms with Crippen LogP contribution in [0.4, 0.5) is 4.79 Å². The van der Waals surface area contributed by atoms with E-state index in [0.717, 1.165) is 17.5 Å². The fourth-order valence-electron chi connectivity index (χ4n) is 2.61. The van der Waals surface area contributed by atoms with E-state index in [-0.39, 0.29) is 25.6 Å². The Labute approximate surface area is 185 Å². The van der Waals surface area contributed by atoms with Gasteiger partial charge in [0, 0.05) is 12.6 Å². The molecule has 2 aromatic carbocycles. The number of carboxylic acid groups (broad SMARTS) is 1. The Hall–Kier alpha value is -4.08. The topological polar surface area (TPSA) is 162 Å². The first-order chi connectivity index (χ1) is 15.4. The highest BCUT2D eigenvalue weighted by molar-refractivity contribution is 5.79. The lowest BCUT2D eigenvalue weighted by atomic mass is 10.1. The number of ether oxygens (including phenoxy) is 2. The molecule has 0 aromatic heterocycles. The summed E-state index contributed by atoms with van der Waals surface area (Å²) < 4.78 is 10.7. The Morgan fingerprint density at radius 2 is 1.78 bits per heavy atom. The molecule has 0 aliphatic heterocycles. The van der Waals surface area contributed by atoms with Crippen LogP contribution in [0, 0.1) is 0 Å². The van der Waals surface area contributed by atoms with E-state index in [2.05, 4.69) is 15.5 Å². The third kappa shape index (κ3) is 9.61. The summed E-state index contributed by atoms with van der Waals surface area (Å²) in [4.78, 5) is 23.3. The first-order valence-electron chi connectivity index (χ1n) is 9.96. The summed E-state index contributed by atoms with van der Waals surface area (Å²) in [6.07, 6.45) is 2.32. The summed E-state index contributed by atoms with van der Waals surface area (Å²) in [6.45, 7) is 0.169. The van der Waals surface area contributed by atoms with Crippen LogP contribution >= 0.6 is 0 Å². The molecule has 170 valence electrons. The number of benzene rings is 2. The summed E-state index contributed by atoms with van der Waals surface area (Å²) in [6, 6.07) is 15.4. The number of aliphatic carboxylic acids is 1. The molecule has 0 fully saturated rings. The molecule has 10 nitrogen and oxygen atoms in total. The Balaban J connectivity index is 1.72. The Morgan fingerprint density at radius 3 is 2.44 bits per heavy atom. The average molecular weight is 441 g/mol. The van der Waals surface area contributed by atoms with Crippen molar-refractivity contribution in [1.82, 2.24) is 5.32 Å². The second kappa shape index (κ2) is 13.3. The largest absolute Gasteiger partial charge is 0.494 e. The van der Waals surface area contributed by atoms with Crippen LogP contribution in [-0.4, -0.2) is 42.0 Å². The van der Waals surface area contributed by atoms with Crippen molar-refractivity contribution < 1.29 is 24.2 Å². The van der Waals surface area contributed by atoms with E-state index in [4.69, 9.17) is 20.9 Å². The fourth-order valence-corrected chi connectivity index (χ4v) is 2.61. The van der Waals surface area contributed by atoms with Gasteiger partial charge in [-0.1, -0.05) is 42.5 Å². The number of hydrogen-bond donors (Lipinski definition) is 4. The molecule has 1 amide bonds. The molecule has 32 heavy (non-hydrogen) atoms. The van der Waals surface area contributed by atoms with Crippen LogP contribution in [0.2, 0.25) is 0 Å². The average Bonchev–Trinajstić information content (AvgIpc) is 2.78. The van der Waals surface area contributed by atoms with Gasteiger partial charge < -0.3 is 31.4 Å². The SMILES string of the molecule is NC(N)=NN=CCCc1ccc(OCC[C@H](NC(=O)OCc2ccccc2)C(=O)O)cc1. The van der Waals surface area contributed by atoms with Crippen molar-refractivity contribution >= 4 is 24.2 Å². The lowest BCUT2D eigenvalue weighted by Crippen LogP contribution is -2.42. The highest BCUT2D eigenvalue weighted by atomic mass is 16.5. The van der Waals surface area contributed by atoms with Crippen molar-refractivity contribution in [2.75, 3.05) is 6.61 Å².